The fraction of sp³-hybridized carbons (Fsp3) is 1.00. The molecule has 0 aromatic heterocycles. The molecule has 0 aromatic rings. The Morgan fingerprint density at radius 1 is 0.262 bits per heavy atom. The van der Waals surface area contributed by atoms with Crippen LogP contribution < -0.4 is 58.7 Å². The summed E-state index contributed by atoms with van der Waals surface area (Å²) in [6.07, 6.45) is -21.5. The van der Waals surface area contributed by atoms with E-state index in [2.05, 4.69) is 27.1 Å². The molecule has 1 fully saturated rings. The summed E-state index contributed by atoms with van der Waals surface area (Å²) in [6.45, 7) is 0. The molecule has 1 aliphatic rings. The van der Waals surface area contributed by atoms with Crippen LogP contribution in [0.5, 0.6) is 0 Å². The summed E-state index contributed by atoms with van der Waals surface area (Å²) in [5.41, 5.74) is 0. The quantitative estimate of drug-likeness (QED) is 0.129. The van der Waals surface area contributed by atoms with Crippen LogP contribution in [0.3, 0.4) is 0 Å². The zero-order chi connectivity index (χ0) is 28.7. The number of hydrogen-bond acceptors (Lipinski definition) is 24. The van der Waals surface area contributed by atoms with Crippen LogP contribution in [0.25, 0.3) is 0 Å². The predicted octanol–water partition coefficient (Wildman–Crippen LogP) is -10.7. The second kappa shape index (κ2) is 21.1. The van der Waals surface area contributed by atoms with Gasteiger partial charge in [0.05, 0.1) is 46.9 Å². The molecule has 1 saturated carbocycles. The van der Waals surface area contributed by atoms with Gasteiger partial charge in [-0.05, 0) is 0 Å². The van der Waals surface area contributed by atoms with Gasteiger partial charge in [0.2, 0.25) is 0 Å². The number of rotatable bonds is 12. The van der Waals surface area contributed by atoms with E-state index in [1.54, 1.807) is 0 Å². The van der Waals surface area contributed by atoms with Gasteiger partial charge >= 0.3 is 102 Å². The maximum atomic E-state index is 11.1. The number of phosphoric ester groups is 6. The van der Waals surface area contributed by atoms with Gasteiger partial charge in [-0.1, -0.05) is 0 Å². The molecule has 0 saturated heterocycles. The summed E-state index contributed by atoms with van der Waals surface area (Å²) in [7, 11) is -40.1. The van der Waals surface area contributed by atoms with E-state index in [-0.39, 0.29) is 102 Å². The minimum absolute atomic E-state index is 0. The van der Waals surface area contributed by atoms with E-state index < -0.39 is 83.6 Å². The third-order valence-corrected chi connectivity index (χ3v) is 6.46. The van der Waals surface area contributed by atoms with E-state index >= 15 is 0 Å². The van der Waals surface area contributed by atoms with Gasteiger partial charge in [0.15, 0.2) is 0 Å². The molecule has 24 nitrogen and oxygen atoms in total. The minimum atomic E-state index is -6.68. The van der Waals surface area contributed by atoms with Crippen LogP contribution in [0.2, 0.25) is 0 Å². The van der Waals surface area contributed by atoms with Gasteiger partial charge in [-0.25, -0.2) is 0 Å². The van der Waals surface area contributed by atoms with Crippen molar-refractivity contribution in [2.24, 2.45) is 0 Å². The smallest absolute Gasteiger partial charge is 0.790 e. The third kappa shape index (κ3) is 24.0. The van der Waals surface area contributed by atoms with Crippen LogP contribution in [0.1, 0.15) is 0 Å². The Morgan fingerprint density at radius 3 is 0.381 bits per heavy atom. The van der Waals surface area contributed by atoms with Gasteiger partial charge < -0.3 is 113 Å². The fourth-order valence-corrected chi connectivity index (χ4v) is 5.96. The number of phosphoric acid groups is 6. The molecule has 0 aromatic carbocycles. The largest absolute Gasteiger partial charge is 2.00 e. The van der Waals surface area contributed by atoms with E-state index in [1.165, 1.54) is 0 Å². The minimum Gasteiger partial charge on any atom is -0.790 e. The van der Waals surface area contributed by atoms with Gasteiger partial charge in [0.1, 0.15) is 36.6 Å². The molecule has 0 spiro atoms. The van der Waals surface area contributed by atoms with Crippen molar-refractivity contribution in [2.45, 2.75) is 36.6 Å². The molecular weight excluding hydrogens is 977 g/mol. The SMILES string of the molecule is O=P([O-])([O-])OC1C(OP(=O)([O-])[O-])C(OP(=O)([O-])[O-])C(OP(=O)([O-])[O-])C(OP(=O)([O-])[O-])C1OP(=O)([O-])[O-].[Fe+2].[Fe+2].[Fe+2].[Fe+2].[Fe+2].[Fe+2]. The number of hydrogen-bond donors (Lipinski definition) is 0. The van der Waals surface area contributed by atoms with E-state index in [1.807, 2.05) is 0 Å². The van der Waals surface area contributed by atoms with Crippen LogP contribution in [0.4, 0.5) is 0 Å². The van der Waals surface area contributed by atoms with Gasteiger partial charge in [-0.3, -0.25) is 0 Å². The summed E-state index contributed by atoms with van der Waals surface area (Å²) < 4.78 is 88.3. The molecule has 0 heterocycles. The predicted molar refractivity (Wildman–Crippen MR) is 74.9 cm³/mol. The Hall–Kier alpha value is 3.78. The summed E-state index contributed by atoms with van der Waals surface area (Å²) in [4.78, 5) is 133. The average molecular weight is 983 g/mol. The summed E-state index contributed by atoms with van der Waals surface area (Å²) in [5, 5.41) is 0. The Bertz CT molecular complexity index is 843. The Morgan fingerprint density at radius 2 is 0.333 bits per heavy atom. The van der Waals surface area contributed by atoms with E-state index in [0.29, 0.717) is 0 Å². The van der Waals surface area contributed by atoms with Gasteiger partial charge in [0, 0.05) is 0 Å². The fourth-order valence-electron chi connectivity index (χ4n) is 2.74. The van der Waals surface area contributed by atoms with Crippen molar-refractivity contribution in [3.05, 3.63) is 0 Å². The second-order valence-electron chi connectivity index (χ2n) is 6.10. The van der Waals surface area contributed by atoms with Crippen LogP contribution in [-0.4, -0.2) is 36.6 Å². The van der Waals surface area contributed by atoms with E-state index in [4.69, 9.17) is 0 Å². The Balaban J connectivity index is -0.000000540. The Labute approximate surface area is 297 Å². The third-order valence-electron chi connectivity index (χ3n) is 3.45. The molecule has 0 radical (unpaired) electrons. The molecule has 42 heavy (non-hydrogen) atoms. The van der Waals surface area contributed by atoms with Crippen LogP contribution in [-0.2, 0) is 157 Å². The molecule has 0 atom stereocenters. The molecule has 252 valence electrons. The summed E-state index contributed by atoms with van der Waals surface area (Å²) >= 11 is 0. The molecule has 0 unspecified atom stereocenters. The zero-order valence-electron chi connectivity index (χ0n) is 18.1. The average Bonchev–Trinajstić information content (AvgIpc) is 2.51. The van der Waals surface area contributed by atoms with Crippen LogP contribution >= 0.6 is 46.9 Å². The van der Waals surface area contributed by atoms with E-state index in [0.717, 1.165) is 0 Å². The maximum Gasteiger partial charge on any atom is 2.00 e. The Kier molecular flexibility index (Phi) is 29.1. The van der Waals surface area contributed by atoms with E-state index in [9.17, 15) is 86.1 Å². The van der Waals surface area contributed by atoms with Crippen molar-refractivity contribution < 1.29 is 216 Å². The molecule has 1 rings (SSSR count). The van der Waals surface area contributed by atoms with Crippen molar-refractivity contribution in [3.8, 4) is 0 Å². The van der Waals surface area contributed by atoms with Gasteiger partial charge in [-0.2, -0.15) is 0 Å². The molecular formula is C6H6Fe6O24P6. The zero-order valence-corrected chi connectivity index (χ0v) is 30.1. The maximum absolute atomic E-state index is 11.1. The first-order chi connectivity index (χ1) is 15.6. The molecule has 0 N–H and O–H groups in total. The van der Waals surface area contributed by atoms with Crippen molar-refractivity contribution >= 4 is 46.9 Å². The molecule has 0 amide bonds. The first kappa shape index (κ1) is 58.0. The van der Waals surface area contributed by atoms with Crippen LogP contribution in [0.15, 0.2) is 0 Å². The van der Waals surface area contributed by atoms with Crippen molar-refractivity contribution in [1.29, 1.82) is 0 Å². The topological polar surface area (TPSA) is 435 Å². The van der Waals surface area contributed by atoms with Crippen molar-refractivity contribution in [2.75, 3.05) is 0 Å². The van der Waals surface area contributed by atoms with Crippen LogP contribution in [0, 0.1) is 0 Å². The normalized spacial score (nSPS) is 25.1. The second-order valence-corrected chi connectivity index (χ2v) is 12.7. The van der Waals surface area contributed by atoms with Crippen molar-refractivity contribution in [1.82, 2.24) is 0 Å². The molecule has 0 bridgehead atoms. The van der Waals surface area contributed by atoms with Gasteiger partial charge in [-0.15, -0.1) is 0 Å². The first-order valence-corrected chi connectivity index (χ1v) is 16.6. The summed E-state index contributed by atoms with van der Waals surface area (Å²) in [6, 6.07) is 0. The molecule has 0 aliphatic heterocycles. The van der Waals surface area contributed by atoms with Crippen molar-refractivity contribution in [3.63, 3.8) is 0 Å². The molecule has 1 aliphatic carbocycles. The molecule has 36 heteroatoms. The summed E-state index contributed by atoms with van der Waals surface area (Å²) in [5.74, 6) is 0. The monoisotopic (exact) mass is 983 g/mol. The standard InChI is InChI=1S/C6H18O24P6.6Fe/c7-31(8,9)25-1-2(26-32(10,11)12)4(28-34(16,17)18)6(30-36(22,23)24)5(29-35(19,20)21)3(1)27-33(13,14)15;;;;;;/h1-6H,(H2,7,8,9)(H2,10,11,12)(H2,13,14,15)(H2,16,17,18)(H2,19,20,21)(H2,22,23,24);;;;;;/q;6*+2/p-12. The van der Waals surface area contributed by atoms with Gasteiger partial charge in [0.25, 0.3) is 0 Å². The first-order valence-electron chi connectivity index (χ1n) is 7.80.